The van der Waals surface area contributed by atoms with Crippen molar-refractivity contribution in [3.05, 3.63) is 46.2 Å². The predicted molar refractivity (Wildman–Crippen MR) is 69.7 cm³/mol. The molecule has 0 aliphatic heterocycles. The molecule has 6 nitrogen and oxygen atoms in total. The fourth-order valence-electron chi connectivity index (χ4n) is 1.61. The third-order valence-electron chi connectivity index (χ3n) is 2.55. The molecular weight excluding hydrogens is 270 g/mol. The average molecular weight is 280 g/mol. The fraction of sp³-hybridized carbons (Fsp3) is 0.0833. The highest BCUT2D eigenvalue weighted by Gasteiger charge is 2.18. The summed E-state index contributed by atoms with van der Waals surface area (Å²) in [5, 5.41) is 18.0. The Kier molecular flexibility index (Phi) is 3.52. The summed E-state index contributed by atoms with van der Waals surface area (Å²) in [6.07, 6.45) is 1.37. The van der Waals surface area contributed by atoms with Crippen molar-refractivity contribution < 1.29 is 14.7 Å². The minimum atomic E-state index is -1.20. The quantitative estimate of drug-likeness (QED) is 0.803. The molecule has 0 saturated heterocycles. The standard InChI is InChI=1S/C12H10ClN3O3/c1-6-7(5-14-16-6)11(17)15-9-4-2-3-8(13)10(9)12(18)19/h2-5H,1H3,(H,14,16)(H,15,17)(H,18,19). The number of H-pyrrole nitrogens is 1. The molecule has 0 aliphatic rings. The number of benzene rings is 1. The van der Waals surface area contributed by atoms with Gasteiger partial charge in [0.2, 0.25) is 0 Å². The zero-order valence-electron chi connectivity index (χ0n) is 9.90. The Bertz CT molecular complexity index is 651. The van der Waals surface area contributed by atoms with E-state index < -0.39 is 11.9 Å². The molecular formula is C12H10ClN3O3. The van der Waals surface area contributed by atoms with Crippen molar-refractivity contribution in [1.29, 1.82) is 0 Å². The number of aromatic nitrogens is 2. The lowest BCUT2D eigenvalue weighted by Crippen LogP contribution is -2.15. The van der Waals surface area contributed by atoms with Gasteiger partial charge in [-0.05, 0) is 19.1 Å². The van der Waals surface area contributed by atoms with Gasteiger partial charge in [0.25, 0.3) is 5.91 Å². The van der Waals surface area contributed by atoms with Crippen LogP contribution in [0.15, 0.2) is 24.4 Å². The lowest BCUT2D eigenvalue weighted by Gasteiger charge is -2.09. The average Bonchev–Trinajstić information content (AvgIpc) is 2.75. The molecule has 0 bridgehead atoms. The van der Waals surface area contributed by atoms with Gasteiger partial charge in [0.1, 0.15) is 5.56 Å². The number of anilines is 1. The number of halogens is 1. The van der Waals surface area contributed by atoms with Crippen molar-refractivity contribution >= 4 is 29.2 Å². The summed E-state index contributed by atoms with van der Waals surface area (Å²) in [6, 6.07) is 4.49. The number of carbonyl (C=O) groups excluding carboxylic acids is 1. The van der Waals surface area contributed by atoms with E-state index in [2.05, 4.69) is 15.5 Å². The Morgan fingerprint density at radius 3 is 2.74 bits per heavy atom. The van der Waals surface area contributed by atoms with E-state index >= 15 is 0 Å². The van der Waals surface area contributed by atoms with Gasteiger partial charge in [0.15, 0.2) is 0 Å². The first-order valence-corrected chi connectivity index (χ1v) is 5.71. The Balaban J connectivity index is 2.35. The van der Waals surface area contributed by atoms with E-state index in [4.69, 9.17) is 16.7 Å². The largest absolute Gasteiger partial charge is 0.478 e. The molecule has 1 aromatic carbocycles. The van der Waals surface area contributed by atoms with Crippen molar-refractivity contribution in [2.75, 3.05) is 5.32 Å². The van der Waals surface area contributed by atoms with Gasteiger partial charge >= 0.3 is 5.97 Å². The molecule has 7 heteroatoms. The second-order valence-corrected chi connectivity index (χ2v) is 4.24. The predicted octanol–water partition coefficient (Wildman–Crippen LogP) is 2.32. The second-order valence-electron chi connectivity index (χ2n) is 3.83. The van der Waals surface area contributed by atoms with Gasteiger partial charge in [-0.15, -0.1) is 0 Å². The summed E-state index contributed by atoms with van der Waals surface area (Å²) in [6.45, 7) is 1.69. The van der Waals surface area contributed by atoms with Crippen LogP contribution in [0.4, 0.5) is 5.69 Å². The van der Waals surface area contributed by atoms with Gasteiger partial charge in [-0.1, -0.05) is 17.7 Å². The number of carboxylic acid groups (broad SMARTS) is 1. The third kappa shape index (κ3) is 2.58. The number of rotatable bonds is 3. The number of aryl methyl sites for hydroxylation is 1. The number of aromatic amines is 1. The summed E-state index contributed by atoms with van der Waals surface area (Å²) in [5.74, 6) is -1.65. The number of amides is 1. The first kappa shape index (κ1) is 13.1. The summed E-state index contributed by atoms with van der Waals surface area (Å²) < 4.78 is 0. The van der Waals surface area contributed by atoms with Crippen LogP contribution in [0.25, 0.3) is 0 Å². The number of nitrogens with zero attached hydrogens (tertiary/aromatic N) is 1. The highest BCUT2D eigenvalue weighted by molar-refractivity contribution is 6.34. The Morgan fingerprint density at radius 2 is 2.16 bits per heavy atom. The van der Waals surface area contributed by atoms with E-state index in [-0.39, 0.29) is 16.3 Å². The minimum Gasteiger partial charge on any atom is -0.478 e. The summed E-state index contributed by atoms with van der Waals surface area (Å²) in [5.41, 5.74) is 0.942. The molecule has 98 valence electrons. The number of aromatic carboxylic acids is 1. The number of carbonyl (C=O) groups is 2. The maximum absolute atomic E-state index is 12.0. The monoisotopic (exact) mass is 279 g/mol. The maximum Gasteiger partial charge on any atom is 0.339 e. The van der Waals surface area contributed by atoms with E-state index in [1.54, 1.807) is 13.0 Å². The molecule has 3 N–H and O–H groups in total. The molecule has 0 unspecified atom stereocenters. The van der Waals surface area contributed by atoms with Crippen molar-refractivity contribution in [1.82, 2.24) is 10.2 Å². The zero-order valence-corrected chi connectivity index (χ0v) is 10.7. The summed E-state index contributed by atoms with van der Waals surface area (Å²) in [4.78, 5) is 23.1. The zero-order chi connectivity index (χ0) is 14.0. The Hall–Kier alpha value is -2.34. The van der Waals surface area contributed by atoms with Crippen LogP contribution < -0.4 is 5.32 Å². The molecule has 0 fully saturated rings. The first-order chi connectivity index (χ1) is 9.00. The van der Waals surface area contributed by atoms with Crippen molar-refractivity contribution in [3.63, 3.8) is 0 Å². The summed E-state index contributed by atoms with van der Waals surface area (Å²) in [7, 11) is 0. The van der Waals surface area contributed by atoms with Gasteiger partial charge in [0.05, 0.1) is 22.5 Å². The van der Waals surface area contributed by atoms with E-state index in [0.717, 1.165) is 0 Å². The van der Waals surface area contributed by atoms with E-state index in [1.807, 2.05) is 0 Å². The van der Waals surface area contributed by atoms with Crippen molar-refractivity contribution in [3.8, 4) is 0 Å². The molecule has 1 heterocycles. The number of hydrogen-bond acceptors (Lipinski definition) is 3. The van der Waals surface area contributed by atoms with Gasteiger partial charge in [-0.25, -0.2) is 4.79 Å². The third-order valence-corrected chi connectivity index (χ3v) is 2.87. The number of carboxylic acids is 1. The first-order valence-electron chi connectivity index (χ1n) is 5.34. The highest BCUT2D eigenvalue weighted by Crippen LogP contribution is 2.24. The van der Waals surface area contributed by atoms with Crippen LogP contribution in [0.3, 0.4) is 0 Å². The molecule has 2 rings (SSSR count). The van der Waals surface area contributed by atoms with Crippen LogP contribution in [0.5, 0.6) is 0 Å². The molecule has 19 heavy (non-hydrogen) atoms. The van der Waals surface area contributed by atoms with Gasteiger partial charge in [0, 0.05) is 5.69 Å². The molecule has 0 radical (unpaired) electrons. The summed E-state index contributed by atoms with van der Waals surface area (Å²) >= 11 is 5.81. The van der Waals surface area contributed by atoms with Crippen LogP contribution in [0.1, 0.15) is 26.4 Å². The normalized spacial score (nSPS) is 10.2. The smallest absolute Gasteiger partial charge is 0.339 e. The van der Waals surface area contributed by atoms with Crippen LogP contribution in [-0.4, -0.2) is 27.2 Å². The van der Waals surface area contributed by atoms with Gasteiger partial charge in [-0.2, -0.15) is 5.10 Å². The highest BCUT2D eigenvalue weighted by atomic mass is 35.5. The van der Waals surface area contributed by atoms with Crippen LogP contribution in [0, 0.1) is 6.92 Å². The van der Waals surface area contributed by atoms with Gasteiger partial charge < -0.3 is 10.4 Å². The van der Waals surface area contributed by atoms with Gasteiger partial charge in [-0.3, -0.25) is 9.89 Å². The fourth-order valence-corrected chi connectivity index (χ4v) is 1.87. The molecule has 1 aromatic heterocycles. The SMILES string of the molecule is Cc1[nH]ncc1C(=O)Nc1cccc(Cl)c1C(=O)O. The molecule has 1 amide bonds. The van der Waals surface area contributed by atoms with Crippen LogP contribution >= 0.6 is 11.6 Å². The Labute approximate surface area is 113 Å². The minimum absolute atomic E-state index is 0.0641. The van der Waals surface area contributed by atoms with Crippen molar-refractivity contribution in [2.45, 2.75) is 6.92 Å². The van der Waals surface area contributed by atoms with E-state index in [0.29, 0.717) is 11.3 Å². The number of nitrogens with one attached hydrogen (secondary N) is 2. The van der Waals surface area contributed by atoms with Crippen molar-refractivity contribution in [2.24, 2.45) is 0 Å². The second kappa shape index (κ2) is 5.11. The maximum atomic E-state index is 12.0. The molecule has 0 saturated carbocycles. The van der Waals surface area contributed by atoms with E-state index in [9.17, 15) is 9.59 Å². The van der Waals surface area contributed by atoms with Crippen LogP contribution in [0.2, 0.25) is 5.02 Å². The van der Waals surface area contributed by atoms with E-state index in [1.165, 1.54) is 18.3 Å². The Morgan fingerprint density at radius 1 is 1.42 bits per heavy atom. The molecule has 0 aliphatic carbocycles. The topological polar surface area (TPSA) is 95.1 Å². The number of hydrogen-bond donors (Lipinski definition) is 3. The molecule has 0 spiro atoms. The lowest BCUT2D eigenvalue weighted by atomic mass is 10.1. The lowest BCUT2D eigenvalue weighted by molar-refractivity contribution is 0.0698. The molecule has 2 aromatic rings. The molecule has 0 atom stereocenters. The van der Waals surface area contributed by atoms with Crippen LogP contribution in [-0.2, 0) is 0 Å².